The van der Waals surface area contributed by atoms with E-state index in [2.05, 4.69) is 23.2 Å². The second kappa shape index (κ2) is 4.33. The Morgan fingerprint density at radius 1 is 1.28 bits per heavy atom. The third-order valence-corrected chi connectivity index (χ3v) is 3.72. The lowest BCUT2D eigenvalue weighted by Gasteiger charge is -2.25. The van der Waals surface area contributed by atoms with E-state index >= 15 is 0 Å². The maximum absolute atomic E-state index is 12.3. The third kappa shape index (κ3) is 1.72. The molecule has 1 heterocycles. The maximum Gasteiger partial charge on any atom is 0.270 e. The highest BCUT2D eigenvalue weighted by atomic mass is 16.2. The van der Waals surface area contributed by atoms with Crippen LogP contribution in [0.3, 0.4) is 0 Å². The van der Waals surface area contributed by atoms with Crippen LogP contribution in [-0.4, -0.2) is 22.8 Å². The van der Waals surface area contributed by atoms with Gasteiger partial charge in [-0.2, -0.15) is 0 Å². The predicted molar refractivity (Wildman–Crippen MR) is 70.4 cm³/mol. The van der Waals surface area contributed by atoms with Gasteiger partial charge >= 0.3 is 0 Å². The molecule has 3 heteroatoms. The van der Waals surface area contributed by atoms with Crippen LogP contribution in [0.15, 0.2) is 42.6 Å². The summed E-state index contributed by atoms with van der Waals surface area (Å²) in [4.78, 5) is 17.1. The van der Waals surface area contributed by atoms with Crippen molar-refractivity contribution in [3.63, 3.8) is 0 Å². The summed E-state index contributed by atoms with van der Waals surface area (Å²) in [6.45, 7) is 0. The number of nitrogens with one attached hydrogen (secondary N) is 1. The van der Waals surface area contributed by atoms with Gasteiger partial charge in [0, 0.05) is 13.2 Å². The van der Waals surface area contributed by atoms with Gasteiger partial charge in [-0.15, -0.1) is 0 Å². The third-order valence-electron chi connectivity index (χ3n) is 3.72. The Hall–Kier alpha value is -2.03. The van der Waals surface area contributed by atoms with Gasteiger partial charge in [-0.1, -0.05) is 24.3 Å². The van der Waals surface area contributed by atoms with Crippen LogP contribution in [0.2, 0.25) is 0 Å². The molecule has 18 heavy (non-hydrogen) atoms. The van der Waals surface area contributed by atoms with Crippen LogP contribution in [0.4, 0.5) is 0 Å². The first-order chi connectivity index (χ1) is 8.77. The molecule has 1 unspecified atom stereocenters. The maximum atomic E-state index is 12.3. The van der Waals surface area contributed by atoms with Crippen LogP contribution in [-0.2, 0) is 6.42 Å². The zero-order chi connectivity index (χ0) is 12.5. The molecule has 0 bridgehead atoms. The Labute approximate surface area is 106 Å². The number of aryl methyl sites for hydroxylation is 1. The molecule has 0 spiro atoms. The zero-order valence-corrected chi connectivity index (χ0v) is 10.4. The van der Waals surface area contributed by atoms with Crippen molar-refractivity contribution < 1.29 is 4.79 Å². The van der Waals surface area contributed by atoms with Crippen LogP contribution in [0.1, 0.15) is 34.1 Å². The SMILES string of the molecule is CN(C(=O)c1ccc[nH]1)C1CCc2ccccc21. The van der Waals surface area contributed by atoms with Gasteiger partial charge in [0.2, 0.25) is 0 Å². The number of rotatable bonds is 2. The lowest BCUT2D eigenvalue weighted by Crippen LogP contribution is -2.30. The van der Waals surface area contributed by atoms with Crippen molar-refractivity contribution in [3.8, 4) is 0 Å². The first-order valence-electron chi connectivity index (χ1n) is 6.25. The highest BCUT2D eigenvalue weighted by molar-refractivity contribution is 5.92. The van der Waals surface area contributed by atoms with E-state index in [-0.39, 0.29) is 11.9 Å². The van der Waals surface area contributed by atoms with E-state index in [9.17, 15) is 4.79 Å². The van der Waals surface area contributed by atoms with Crippen LogP contribution in [0.25, 0.3) is 0 Å². The molecule has 1 amide bonds. The van der Waals surface area contributed by atoms with Crippen molar-refractivity contribution in [2.75, 3.05) is 7.05 Å². The molecule has 1 aromatic heterocycles. The fourth-order valence-corrected chi connectivity index (χ4v) is 2.73. The van der Waals surface area contributed by atoms with Crippen molar-refractivity contribution in [1.29, 1.82) is 0 Å². The van der Waals surface area contributed by atoms with E-state index in [0.29, 0.717) is 5.69 Å². The first-order valence-corrected chi connectivity index (χ1v) is 6.25. The molecule has 1 aliphatic rings. The average Bonchev–Trinajstić information content (AvgIpc) is 3.06. The minimum absolute atomic E-state index is 0.0571. The monoisotopic (exact) mass is 240 g/mol. The van der Waals surface area contributed by atoms with Gasteiger partial charge in [-0.05, 0) is 36.1 Å². The molecular weight excluding hydrogens is 224 g/mol. The fourth-order valence-electron chi connectivity index (χ4n) is 2.73. The molecule has 1 atom stereocenters. The molecule has 1 aliphatic carbocycles. The van der Waals surface area contributed by atoms with Crippen molar-refractivity contribution in [3.05, 3.63) is 59.4 Å². The van der Waals surface area contributed by atoms with Gasteiger partial charge in [0.05, 0.1) is 6.04 Å². The van der Waals surface area contributed by atoms with Crippen LogP contribution >= 0.6 is 0 Å². The normalized spacial score (nSPS) is 17.5. The minimum atomic E-state index is 0.0571. The smallest absolute Gasteiger partial charge is 0.270 e. The highest BCUT2D eigenvalue weighted by Gasteiger charge is 2.28. The molecule has 1 N–H and O–H groups in total. The highest BCUT2D eigenvalue weighted by Crippen LogP contribution is 2.35. The topological polar surface area (TPSA) is 36.1 Å². The zero-order valence-electron chi connectivity index (χ0n) is 10.4. The number of aromatic amines is 1. The number of nitrogens with zero attached hydrogens (tertiary/aromatic N) is 1. The number of aromatic nitrogens is 1. The van der Waals surface area contributed by atoms with Crippen molar-refractivity contribution in [1.82, 2.24) is 9.88 Å². The Morgan fingerprint density at radius 3 is 2.89 bits per heavy atom. The molecule has 92 valence electrons. The van der Waals surface area contributed by atoms with E-state index in [0.717, 1.165) is 12.8 Å². The van der Waals surface area contributed by atoms with Gasteiger partial charge in [0.15, 0.2) is 0 Å². The summed E-state index contributed by atoms with van der Waals surface area (Å²) in [6.07, 6.45) is 3.86. The van der Waals surface area contributed by atoms with E-state index in [1.54, 1.807) is 6.20 Å². The van der Waals surface area contributed by atoms with Crippen LogP contribution in [0, 0.1) is 0 Å². The second-order valence-electron chi connectivity index (χ2n) is 4.75. The van der Waals surface area contributed by atoms with Crippen LogP contribution < -0.4 is 0 Å². The number of benzene rings is 1. The Bertz CT molecular complexity index is 560. The lowest BCUT2D eigenvalue weighted by molar-refractivity contribution is 0.0725. The lowest BCUT2D eigenvalue weighted by atomic mass is 10.1. The molecule has 0 saturated heterocycles. The Balaban J connectivity index is 1.87. The predicted octanol–water partition coefficient (Wildman–Crippen LogP) is 2.77. The quantitative estimate of drug-likeness (QED) is 0.861. The number of hydrogen-bond acceptors (Lipinski definition) is 1. The van der Waals surface area contributed by atoms with Crippen molar-refractivity contribution in [2.45, 2.75) is 18.9 Å². The number of carbonyl (C=O) groups excluding carboxylic acids is 1. The summed E-state index contributed by atoms with van der Waals surface area (Å²) in [5, 5.41) is 0. The largest absolute Gasteiger partial charge is 0.357 e. The summed E-state index contributed by atoms with van der Waals surface area (Å²) in [6, 6.07) is 12.3. The Kier molecular flexibility index (Phi) is 2.67. The molecule has 0 aliphatic heterocycles. The number of H-pyrrole nitrogens is 1. The summed E-state index contributed by atoms with van der Waals surface area (Å²) in [7, 11) is 1.88. The number of fused-ring (bicyclic) bond motifs is 1. The first kappa shape index (κ1) is 11.1. The van der Waals surface area contributed by atoms with Gasteiger partial charge in [-0.25, -0.2) is 0 Å². The van der Waals surface area contributed by atoms with E-state index in [4.69, 9.17) is 0 Å². The molecular formula is C15H16N2O. The Morgan fingerprint density at radius 2 is 2.11 bits per heavy atom. The van der Waals surface area contributed by atoms with Gasteiger partial charge < -0.3 is 9.88 Å². The van der Waals surface area contributed by atoms with Gasteiger partial charge in [-0.3, -0.25) is 4.79 Å². The summed E-state index contributed by atoms with van der Waals surface area (Å²) in [5.74, 6) is 0.0571. The number of hydrogen-bond donors (Lipinski definition) is 1. The summed E-state index contributed by atoms with van der Waals surface area (Å²) in [5.41, 5.74) is 3.32. The standard InChI is InChI=1S/C15H16N2O/c1-17(15(18)13-7-4-10-16-13)14-9-8-11-5-2-3-6-12(11)14/h2-7,10,14,16H,8-9H2,1H3. The molecule has 2 aromatic rings. The average molecular weight is 240 g/mol. The molecule has 3 rings (SSSR count). The fraction of sp³-hybridized carbons (Fsp3) is 0.267. The van der Waals surface area contributed by atoms with Gasteiger partial charge in [0.1, 0.15) is 5.69 Å². The van der Waals surface area contributed by atoms with E-state index < -0.39 is 0 Å². The molecule has 0 saturated carbocycles. The van der Waals surface area contributed by atoms with Crippen molar-refractivity contribution >= 4 is 5.91 Å². The van der Waals surface area contributed by atoms with E-state index in [1.165, 1.54) is 11.1 Å². The molecule has 0 radical (unpaired) electrons. The minimum Gasteiger partial charge on any atom is -0.357 e. The molecule has 1 aromatic carbocycles. The van der Waals surface area contributed by atoms with Crippen molar-refractivity contribution in [2.24, 2.45) is 0 Å². The molecule has 3 nitrogen and oxygen atoms in total. The van der Waals surface area contributed by atoms with Crippen LogP contribution in [0.5, 0.6) is 0 Å². The summed E-state index contributed by atoms with van der Waals surface area (Å²) < 4.78 is 0. The number of carbonyl (C=O) groups is 1. The van der Waals surface area contributed by atoms with Gasteiger partial charge in [0.25, 0.3) is 5.91 Å². The number of amides is 1. The molecule has 0 fully saturated rings. The second-order valence-corrected chi connectivity index (χ2v) is 4.75. The van der Waals surface area contributed by atoms with E-state index in [1.807, 2.05) is 30.1 Å². The summed E-state index contributed by atoms with van der Waals surface area (Å²) >= 11 is 0.